The average molecular weight is 352 g/mol. The molecule has 0 bridgehead atoms. The van der Waals surface area contributed by atoms with Gasteiger partial charge in [0.1, 0.15) is 0 Å². The molecule has 7 heteroatoms. The van der Waals surface area contributed by atoms with E-state index in [9.17, 15) is 9.59 Å². The standard InChI is InChI=1S/C16H18ClN3O2S/c1-2-14(21)20-7-3-4-10(9-20)15(22)19-16-18-12-6-5-11(17)8-13(12)23-16/h5-6,8,10H,2-4,7,9H2,1H3,(H,18,19,22). The third-order valence-corrected chi connectivity index (χ3v) is 5.20. The van der Waals surface area contributed by atoms with Crippen LogP contribution >= 0.6 is 22.9 Å². The molecule has 0 aliphatic carbocycles. The Bertz CT molecular complexity index is 746. The molecule has 1 saturated heterocycles. The van der Waals surface area contributed by atoms with E-state index in [4.69, 9.17) is 11.6 Å². The van der Waals surface area contributed by atoms with Gasteiger partial charge in [0.25, 0.3) is 0 Å². The Labute approximate surface area is 143 Å². The van der Waals surface area contributed by atoms with Gasteiger partial charge in [-0.25, -0.2) is 4.98 Å². The predicted octanol–water partition coefficient (Wildman–Crippen LogP) is 3.54. The van der Waals surface area contributed by atoms with E-state index in [2.05, 4.69) is 10.3 Å². The zero-order valence-electron chi connectivity index (χ0n) is 12.8. The second-order valence-corrected chi connectivity index (χ2v) is 7.12. The van der Waals surface area contributed by atoms with E-state index >= 15 is 0 Å². The highest BCUT2D eigenvalue weighted by Crippen LogP contribution is 2.29. The van der Waals surface area contributed by atoms with Gasteiger partial charge in [-0.3, -0.25) is 9.59 Å². The van der Waals surface area contributed by atoms with E-state index in [0.29, 0.717) is 23.1 Å². The first-order valence-electron chi connectivity index (χ1n) is 7.71. The van der Waals surface area contributed by atoms with Gasteiger partial charge in [0.2, 0.25) is 11.8 Å². The van der Waals surface area contributed by atoms with Crippen LogP contribution in [0.5, 0.6) is 0 Å². The van der Waals surface area contributed by atoms with Crippen LogP contribution in [-0.4, -0.2) is 34.8 Å². The summed E-state index contributed by atoms with van der Waals surface area (Å²) in [6, 6.07) is 5.46. The van der Waals surface area contributed by atoms with Gasteiger partial charge in [0.15, 0.2) is 5.13 Å². The molecular weight excluding hydrogens is 334 g/mol. The highest BCUT2D eigenvalue weighted by Gasteiger charge is 2.28. The van der Waals surface area contributed by atoms with Gasteiger partial charge < -0.3 is 10.2 Å². The number of likely N-dealkylation sites (tertiary alicyclic amines) is 1. The zero-order valence-corrected chi connectivity index (χ0v) is 14.4. The molecule has 1 aromatic carbocycles. The zero-order chi connectivity index (χ0) is 16.4. The van der Waals surface area contributed by atoms with Crippen molar-refractivity contribution in [2.75, 3.05) is 18.4 Å². The summed E-state index contributed by atoms with van der Waals surface area (Å²) in [6.45, 7) is 3.09. The Morgan fingerprint density at radius 3 is 3.09 bits per heavy atom. The van der Waals surface area contributed by atoms with Crippen molar-refractivity contribution in [2.45, 2.75) is 26.2 Å². The number of nitrogens with one attached hydrogen (secondary N) is 1. The van der Waals surface area contributed by atoms with Crippen LogP contribution in [0.25, 0.3) is 10.2 Å². The molecule has 0 spiro atoms. The molecule has 23 heavy (non-hydrogen) atoms. The summed E-state index contributed by atoms with van der Waals surface area (Å²) in [6.07, 6.45) is 2.14. The maximum atomic E-state index is 12.5. The maximum Gasteiger partial charge on any atom is 0.231 e. The minimum Gasteiger partial charge on any atom is -0.342 e. The van der Waals surface area contributed by atoms with Crippen molar-refractivity contribution in [1.29, 1.82) is 0 Å². The Morgan fingerprint density at radius 2 is 2.30 bits per heavy atom. The molecule has 0 saturated carbocycles. The minimum atomic E-state index is -0.171. The van der Waals surface area contributed by atoms with Gasteiger partial charge >= 0.3 is 0 Å². The molecule has 2 amide bonds. The number of hydrogen-bond donors (Lipinski definition) is 1. The maximum absolute atomic E-state index is 12.5. The number of hydrogen-bond acceptors (Lipinski definition) is 4. The molecule has 1 N–H and O–H groups in total. The van der Waals surface area contributed by atoms with Crippen LogP contribution in [0, 0.1) is 5.92 Å². The van der Waals surface area contributed by atoms with Gasteiger partial charge in [-0.15, -0.1) is 0 Å². The number of amides is 2. The molecular formula is C16H18ClN3O2S. The molecule has 2 heterocycles. The van der Waals surface area contributed by atoms with E-state index in [0.717, 1.165) is 29.6 Å². The summed E-state index contributed by atoms with van der Waals surface area (Å²) in [5.41, 5.74) is 0.820. The number of anilines is 1. The van der Waals surface area contributed by atoms with Gasteiger partial charge in [-0.2, -0.15) is 0 Å². The number of carbonyl (C=O) groups is 2. The van der Waals surface area contributed by atoms with Crippen molar-refractivity contribution in [1.82, 2.24) is 9.88 Å². The van der Waals surface area contributed by atoms with E-state index in [1.807, 2.05) is 19.1 Å². The third kappa shape index (κ3) is 3.64. The Kier molecular flexibility index (Phi) is 4.82. The number of rotatable bonds is 3. The van der Waals surface area contributed by atoms with Crippen molar-refractivity contribution in [2.24, 2.45) is 5.92 Å². The van der Waals surface area contributed by atoms with Crippen LogP contribution < -0.4 is 5.32 Å². The highest BCUT2D eigenvalue weighted by atomic mass is 35.5. The molecule has 3 rings (SSSR count). The van der Waals surface area contributed by atoms with E-state index < -0.39 is 0 Å². The molecule has 122 valence electrons. The summed E-state index contributed by atoms with van der Waals surface area (Å²) in [5, 5.41) is 4.11. The topological polar surface area (TPSA) is 62.3 Å². The van der Waals surface area contributed by atoms with Gasteiger partial charge in [-0.1, -0.05) is 29.9 Å². The molecule has 0 radical (unpaired) electrons. The number of thiazole rings is 1. The lowest BCUT2D eigenvalue weighted by atomic mass is 9.97. The fourth-order valence-corrected chi connectivity index (χ4v) is 3.95. The number of aromatic nitrogens is 1. The first-order valence-corrected chi connectivity index (χ1v) is 8.91. The summed E-state index contributed by atoms with van der Waals surface area (Å²) in [5.74, 6) is -0.129. The second kappa shape index (κ2) is 6.84. The van der Waals surface area contributed by atoms with Crippen LogP contribution in [0.1, 0.15) is 26.2 Å². The van der Waals surface area contributed by atoms with Gasteiger partial charge in [0.05, 0.1) is 16.1 Å². The van der Waals surface area contributed by atoms with E-state index in [-0.39, 0.29) is 17.7 Å². The number of carbonyl (C=O) groups excluding carboxylic acids is 2. The molecule has 1 atom stereocenters. The molecule has 5 nitrogen and oxygen atoms in total. The minimum absolute atomic E-state index is 0.0660. The molecule has 1 aliphatic heterocycles. The second-order valence-electron chi connectivity index (χ2n) is 5.65. The summed E-state index contributed by atoms with van der Waals surface area (Å²) in [4.78, 5) is 30.5. The average Bonchev–Trinajstić information content (AvgIpc) is 2.95. The van der Waals surface area contributed by atoms with Crippen LogP contribution in [0.4, 0.5) is 5.13 Å². The SMILES string of the molecule is CCC(=O)N1CCCC(C(=O)Nc2nc3ccc(Cl)cc3s2)C1. The lowest BCUT2D eigenvalue weighted by Gasteiger charge is -2.31. The van der Waals surface area contributed by atoms with Gasteiger partial charge in [0, 0.05) is 24.5 Å². The Hall–Kier alpha value is -1.66. The van der Waals surface area contributed by atoms with Crippen molar-refractivity contribution >= 4 is 50.1 Å². The van der Waals surface area contributed by atoms with Crippen LogP contribution in [-0.2, 0) is 9.59 Å². The summed E-state index contributed by atoms with van der Waals surface area (Å²) >= 11 is 7.38. The first-order chi connectivity index (χ1) is 11.1. The van der Waals surface area contributed by atoms with Crippen molar-refractivity contribution < 1.29 is 9.59 Å². The molecule has 1 unspecified atom stereocenters. The normalized spacial score (nSPS) is 18.2. The fourth-order valence-electron chi connectivity index (χ4n) is 2.80. The van der Waals surface area contributed by atoms with E-state index in [1.165, 1.54) is 11.3 Å². The number of fused-ring (bicyclic) bond motifs is 1. The Morgan fingerprint density at radius 1 is 1.48 bits per heavy atom. The third-order valence-electron chi connectivity index (χ3n) is 4.03. The quantitative estimate of drug-likeness (QED) is 0.920. The van der Waals surface area contributed by atoms with Crippen LogP contribution in [0.15, 0.2) is 18.2 Å². The molecule has 1 fully saturated rings. The smallest absolute Gasteiger partial charge is 0.231 e. The van der Waals surface area contributed by atoms with Crippen molar-refractivity contribution in [3.8, 4) is 0 Å². The largest absolute Gasteiger partial charge is 0.342 e. The number of benzene rings is 1. The van der Waals surface area contributed by atoms with Crippen LogP contribution in [0.2, 0.25) is 5.02 Å². The van der Waals surface area contributed by atoms with Crippen molar-refractivity contribution in [3.63, 3.8) is 0 Å². The number of nitrogens with zero attached hydrogens (tertiary/aromatic N) is 2. The number of piperidine rings is 1. The van der Waals surface area contributed by atoms with Gasteiger partial charge in [-0.05, 0) is 31.0 Å². The summed E-state index contributed by atoms with van der Waals surface area (Å²) in [7, 11) is 0. The van der Waals surface area contributed by atoms with Crippen molar-refractivity contribution in [3.05, 3.63) is 23.2 Å². The molecule has 2 aromatic rings. The van der Waals surface area contributed by atoms with Crippen LogP contribution in [0.3, 0.4) is 0 Å². The summed E-state index contributed by atoms with van der Waals surface area (Å²) < 4.78 is 0.944. The monoisotopic (exact) mass is 351 g/mol. The highest BCUT2D eigenvalue weighted by molar-refractivity contribution is 7.22. The van der Waals surface area contributed by atoms with E-state index in [1.54, 1.807) is 11.0 Å². The number of halogens is 1. The first kappa shape index (κ1) is 16.2. The lowest BCUT2D eigenvalue weighted by molar-refractivity contribution is -0.134. The Balaban J connectivity index is 1.68. The predicted molar refractivity (Wildman–Crippen MR) is 92.9 cm³/mol. The lowest BCUT2D eigenvalue weighted by Crippen LogP contribution is -2.43. The molecule has 1 aliphatic rings. The fraction of sp³-hybridized carbons (Fsp3) is 0.438. The molecule has 1 aromatic heterocycles.